The smallest absolute Gasteiger partial charge is 0.419 e. The second-order valence-electron chi connectivity index (χ2n) is 4.45. The fourth-order valence-corrected chi connectivity index (χ4v) is 1.85. The summed E-state index contributed by atoms with van der Waals surface area (Å²) in [6, 6.07) is 7.96. The highest BCUT2D eigenvalue weighted by molar-refractivity contribution is 5.43. The van der Waals surface area contributed by atoms with Crippen LogP contribution in [0.5, 0.6) is 11.5 Å². The first-order valence-electron chi connectivity index (χ1n) is 6.10. The first kappa shape index (κ1) is 15.3. The Hall–Kier alpha value is -2.08. The van der Waals surface area contributed by atoms with E-state index in [1.807, 2.05) is 0 Å². The number of aliphatic hydroxyl groups is 1. The van der Waals surface area contributed by atoms with E-state index in [4.69, 9.17) is 4.74 Å². The predicted molar refractivity (Wildman–Crippen MR) is 68.6 cm³/mol. The molecule has 0 saturated carbocycles. The van der Waals surface area contributed by atoms with Crippen molar-refractivity contribution in [2.75, 3.05) is 0 Å². The maximum absolute atomic E-state index is 13.2. The van der Waals surface area contributed by atoms with Crippen LogP contribution in [0.2, 0.25) is 0 Å². The molecule has 1 atom stereocenters. The number of halogens is 4. The molecule has 1 N–H and O–H groups in total. The van der Waals surface area contributed by atoms with Crippen molar-refractivity contribution in [3.05, 3.63) is 59.4 Å². The van der Waals surface area contributed by atoms with E-state index >= 15 is 0 Å². The maximum atomic E-state index is 13.2. The topological polar surface area (TPSA) is 29.5 Å². The van der Waals surface area contributed by atoms with Gasteiger partial charge in [-0.1, -0.05) is 12.1 Å². The first-order chi connectivity index (χ1) is 9.79. The molecule has 2 rings (SSSR count). The highest BCUT2D eigenvalue weighted by Crippen LogP contribution is 2.39. The lowest BCUT2D eigenvalue weighted by Crippen LogP contribution is -2.07. The van der Waals surface area contributed by atoms with E-state index in [1.54, 1.807) is 0 Å². The van der Waals surface area contributed by atoms with Crippen LogP contribution in [0.4, 0.5) is 17.6 Å². The fourth-order valence-electron chi connectivity index (χ4n) is 1.85. The molecule has 0 aliphatic heterocycles. The number of para-hydroxylation sites is 1. The Balaban J connectivity index is 2.44. The van der Waals surface area contributed by atoms with Gasteiger partial charge < -0.3 is 9.84 Å². The molecule has 21 heavy (non-hydrogen) atoms. The monoisotopic (exact) mass is 300 g/mol. The van der Waals surface area contributed by atoms with Crippen LogP contribution in [0.15, 0.2) is 42.5 Å². The molecule has 2 nitrogen and oxygen atoms in total. The van der Waals surface area contributed by atoms with E-state index < -0.39 is 29.4 Å². The highest BCUT2D eigenvalue weighted by Gasteiger charge is 2.34. The van der Waals surface area contributed by atoms with Gasteiger partial charge in [-0.3, -0.25) is 0 Å². The van der Waals surface area contributed by atoms with E-state index in [-0.39, 0.29) is 11.3 Å². The SMILES string of the molecule is C[C@@H](O)c1cc(F)ccc1Oc1ccccc1C(F)(F)F. The Bertz CT molecular complexity index is 636. The number of ether oxygens (including phenoxy) is 1. The van der Waals surface area contributed by atoms with Gasteiger partial charge in [-0.25, -0.2) is 4.39 Å². The minimum Gasteiger partial charge on any atom is -0.456 e. The zero-order valence-electron chi connectivity index (χ0n) is 11.0. The average molecular weight is 300 g/mol. The van der Waals surface area contributed by atoms with Gasteiger partial charge in [0.2, 0.25) is 0 Å². The molecule has 0 bridgehead atoms. The van der Waals surface area contributed by atoms with Crippen molar-refractivity contribution in [2.45, 2.75) is 19.2 Å². The summed E-state index contributed by atoms with van der Waals surface area (Å²) >= 11 is 0. The van der Waals surface area contributed by atoms with Crippen molar-refractivity contribution in [1.29, 1.82) is 0 Å². The van der Waals surface area contributed by atoms with Crippen molar-refractivity contribution < 1.29 is 27.4 Å². The Morgan fingerprint density at radius 1 is 1.05 bits per heavy atom. The van der Waals surface area contributed by atoms with Crippen LogP contribution in [0.3, 0.4) is 0 Å². The summed E-state index contributed by atoms with van der Waals surface area (Å²) in [5.41, 5.74) is -0.863. The number of hydrogen-bond acceptors (Lipinski definition) is 2. The lowest BCUT2D eigenvalue weighted by Gasteiger charge is -2.16. The van der Waals surface area contributed by atoms with Gasteiger partial charge >= 0.3 is 6.18 Å². The fraction of sp³-hybridized carbons (Fsp3) is 0.200. The molecule has 0 saturated heterocycles. The zero-order valence-corrected chi connectivity index (χ0v) is 11.0. The van der Waals surface area contributed by atoms with Crippen molar-refractivity contribution in [2.24, 2.45) is 0 Å². The van der Waals surface area contributed by atoms with E-state index in [1.165, 1.54) is 25.1 Å². The van der Waals surface area contributed by atoms with Crippen LogP contribution in [0.25, 0.3) is 0 Å². The molecule has 0 aliphatic rings. The second kappa shape index (κ2) is 5.73. The molecule has 0 aliphatic carbocycles. The minimum absolute atomic E-state index is 0.0249. The summed E-state index contributed by atoms with van der Waals surface area (Å²) in [6.07, 6.45) is -5.64. The van der Waals surface area contributed by atoms with Gasteiger partial charge in [0.25, 0.3) is 0 Å². The van der Waals surface area contributed by atoms with Crippen molar-refractivity contribution in [3.8, 4) is 11.5 Å². The van der Waals surface area contributed by atoms with Gasteiger partial charge in [-0.15, -0.1) is 0 Å². The summed E-state index contributed by atoms with van der Waals surface area (Å²) in [4.78, 5) is 0. The third-order valence-electron chi connectivity index (χ3n) is 2.83. The Labute approximate surface area is 118 Å². The van der Waals surface area contributed by atoms with Gasteiger partial charge in [-0.05, 0) is 37.3 Å². The van der Waals surface area contributed by atoms with Crippen LogP contribution >= 0.6 is 0 Å². The summed E-state index contributed by atoms with van der Waals surface area (Å²) in [7, 11) is 0. The van der Waals surface area contributed by atoms with Crippen LogP contribution < -0.4 is 4.74 Å². The molecule has 112 valence electrons. The Morgan fingerprint density at radius 3 is 2.33 bits per heavy atom. The molecule has 0 spiro atoms. The molecule has 6 heteroatoms. The van der Waals surface area contributed by atoms with E-state index in [0.29, 0.717) is 0 Å². The van der Waals surface area contributed by atoms with E-state index in [9.17, 15) is 22.7 Å². The Kier molecular flexibility index (Phi) is 4.18. The van der Waals surface area contributed by atoms with Crippen LogP contribution in [-0.2, 0) is 6.18 Å². The van der Waals surface area contributed by atoms with Gasteiger partial charge in [0.15, 0.2) is 0 Å². The van der Waals surface area contributed by atoms with E-state index in [2.05, 4.69) is 0 Å². The molecule has 0 aromatic heterocycles. The summed E-state index contributed by atoms with van der Waals surface area (Å²) in [5.74, 6) is -1.04. The molecular weight excluding hydrogens is 288 g/mol. The lowest BCUT2D eigenvalue weighted by atomic mass is 10.1. The molecule has 0 unspecified atom stereocenters. The normalized spacial score (nSPS) is 13.0. The van der Waals surface area contributed by atoms with Gasteiger partial charge in [0, 0.05) is 5.56 Å². The largest absolute Gasteiger partial charge is 0.456 e. The standard InChI is InChI=1S/C15H12F4O2/c1-9(20)11-8-10(16)6-7-13(11)21-14-5-3-2-4-12(14)15(17,18)19/h2-9,20H,1H3/t9-/m1/s1. The molecule has 2 aromatic rings. The van der Waals surface area contributed by atoms with Crippen LogP contribution in [0.1, 0.15) is 24.2 Å². The summed E-state index contributed by atoms with van der Waals surface area (Å²) in [6.45, 7) is 1.37. The van der Waals surface area contributed by atoms with Crippen LogP contribution in [-0.4, -0.2) is 5.11 Å². The molecular formula is C15H12F4O2. The Morgan fingerprint density at radius 2 is 1.71 bits per heavy atom. The first-order valence-corrected chi connectivity index (χ1v) is 6.10. The highest BCUT2D eigenvalue weighted by atomic mass is 19.4. The molecule has 0 heterocycles. The molecule has 0 radical (unpaired) electrons. The van der Waals surface area contributed by atoms with Crippen LogP contribution in [0, 0.1) is 5.82 Å². The second-order valence-corrected chi connectivity index (χ2v) is 4.45. The van der Waals surface area contributed by atoms with Crippen molar-refractivity contribution >= 4 is 0 Å². The molecule has 0 fully saturated rings. The zero-order chi connectivity index (χ0) is 15.6. The summed E-state index contributed by atoms with van der Waals surface area (Å²) in [5, 5.41) is 9.57. The number of hydrogen-bond donors (Lipinski definition) is 1. The summed E-state index contributed by atoms with van der Waals surface area (Å²) < 4.78 is 57.1. The number of aliphatic hydroxyl groups excluding tert-OH is 1. The minimum atomic E-state index is -4.57. The van der Waals surface area contributed by atoms with Gasteiger partial charge in [0.05, 0.1) is 11.7 Å². The number of benzene rings is 2. The number of rotatable bonds is 3. The third kappa shape index (κ3) is 3.52. The molecule has 2 aromatic carbocycles. The van der Waals surface area contributed by atoms with Gasteiger partial charge in [0.1, 0.15) is 17.3 Å². The third-order valence-corrected chi connectivity index (χ3v) is 2.83. The average Bonchev–Trinajstić information content (AvgIpc) is 2.40. The van der Waals surface area contributed by atoms with E-state index in [0.717, 1.165) is 24.3 Å². The maximum Gasteiger partial charge on any atom is 0.419 e. The van der Waals surface area contributed by atoms with Crippen molar-refractivity contribution in [3.63, 3.8) is 0 Å². The molecule has 0 amide bonds. The van der Waals surface area contributed by atoms with Crippen molar-refractivity contribution in [1.82, 2.24) is 0 Å². The lowest BCUT2D eigenvalue weighted by molar-refractivity contribution is -0.138. The number of alkyl halides is 3. The predicted octanol–water partition coefficient (Wildman–Crippen LogP) is 4.69. The quantitative estimate of drug-likeness (QED) is 0.833. The van der Waals surface area contributed by atoms with Gasteiger partial charge in [-0.2, -0.15) is 13.2 Å².